The van der Waals surface area contributed by atoms with Gasteiger partial charge in [-0.2, -0.15) is 0 Å². The first kappa shape index (κ1) is 17.3. The number of hydrogen-bond acceptors (Lipinski definition) is 3. The van der Waals surface area contributed by atoms with Crippen LogP contribution in [0.2, 0.25) is 0 Å². The zero-order chi connectivity index (χ0) is 12.9. The van der Waals surface area contributed by atoms with Gasteiger partial charge in [0.25, 0.3) is 0 Å². The Morgan fingerprint density at radius 2 is 1.94 bits per heavy atom. The molecule has 0 unspecified atom stereocenters. The molecule has 1 rings (SSSR count). The molecule has 0 aliphatic rings. The predicted molar refractivity (Wildman–Crippen MR) is 72.1 cm³/mol. The Morgan fingerprint density at radius 1 is 1.28 bits per heavy atom. The van der Waals surface area contributed by atoms with Crippen LogP contribution in [0, 0.1) is 12.7 Å². The normalized spacial score (nSPS) is 11.1. The highest BCUT2D eigenvalue weighted by atomic mass is 35.5. The fourth-order valence-electron chi connectivity index (χ4n) is 1.41. The van der Waals surface area contributed by atoms with Crippen molar-refractivity contribution in [3.8, 4) is 0 Å². The van der Waals surface area contributed by atoms with Crippen LogP contribution in [0.1, 0.15) is 12.0 Å². The Labute approximate surface area is 113 Å². The molecule has 0 amide bonds. The van der Waals surface area contributed by atoms with Gasteiger partial charge in [-0.25, -0.2) is 17.5 Å². The molecule has 0 atom stereocenters. The van der Waals surface area contributed by atoms with E-state index < -0.39 is 15.8 Å². The second-order valence-corrected chi connectivity index (χ2v) is 5.50. The van der Waals surface area contributed by atoms with Crippen molar-refractivity contribution in [3.05, 3.63) is 29.6 Å². The zero-order valence-electron chi connectivity index (χ0n) is 10.4. The molecule has 0 saturated heterocycles. The molecule has 1 aromatic carbocycles. The highest BCUT2D eigenvalue weighted by Crippen LogP contribution is 2.15. The van der Waals surface area contributed by atoms with Gasteiger partial charge in [-0.1, -0.05) is 6.07 Å². The molecule has 0 heterocycles. The molecular formula is C11H18ClFN2O2S. The third-order valence-corrected chi connectivity index (χ3v) is 3.94. The number of nitrogens with one attached hydrogen (secondary N) is 2. The van der Waals surface area contributed by atoms with E-state index in [-0.39, 0.29) is 17.3 Å². The first-order chi connectivity index (χ1) is 7.97. The molecule has 0 fully saturated rings. The SMILES string of the molecule is CNCCCNS(=O)(=O)c1cc(F)ccc1C.Cl. The lowest BCUT2D eigenvalue weighted by Gasteiger charge is -2.09. The largest absolute Gasteiger partial charge is 0.320 e. The van der Waals surface area contributed by atoms with E-state index in [1.54, 1.807) is 14.0 Å². The van der Waals surface area contributed by atoms with E-state index >= 15 is 0 Å². The van der Waals surface area contributed by atoms with Crippen LogP contribution in [0.15, 0.2) is 23.1 Å². The second-order valence-electron chi connectivity index (χ2n) is 3.76. The standard InChI is InChI=1S/C11H17FN2O2S.ClH/c1-9-4-5-10(12)8-11(9)17(15,16)14-7-3-6-13-2;/h4-5,8,13-14H,3,6-7H2,1-2H3;1H. The molecule has 18 heavy (non-hydrogen) atoms. The summed E-state index contributed by atoms with van der Waals surface area (Å²) in [5.74, 6) is -0.550. The smallest absolute Gasteiger partial charge is 0.240 e. The third kappa shape index (κ3) is 4.89. The van der Waals surface area contributed by atoms with E-state index in [2.05, 4.69) is 10.0 Å². The molecule has 0 aromatic heterocycles. The Morgan fingerprint density at radius 3 is 2.56 bits per heavy atom. The number of rotatable bonds is 6. The summed E-state index contributed by atoms with van der Waals surface area (Å²) in [6.45, 7) is 2.70. The van der Waals surface area contributed by atoms with Crippen molar-refractivity contribution >= 4 is 22.4 Å². The van der Waals surface area contributed by atoms with Gasteiger partial charge in [0.1, 0.15) is 5.82 Å². The van der Waals surface area contributed by atoms with Crippen LogP contribution in [0.5, 0.6) is 0 Å². The number of halogens is 2. The first-order valence-electron chi connectivity index (χ1n) is 5.38. The molecule has 1 aromatic rings. The summed E-state index contributed by atoms with van der Waals surface area (Å²) in [5, 5.41) is 2.92. The molecule has 0 saturated carbocycles. The van der Waals surface area contributed by atoms with Crippen molar-refractivity contribution in [2.24, 2.45) is 0 Å². The number of hydrogen-bond donors (Lipinski definition) is 2. The van der Waals surface area contributed by atoms with Gasteiger partial charge < -0.3 is 5.32 Å². The van der Waals surface area contributed by atoms with E-state index in [0.29, 0.717) is 18.5 Å². The van der Waals surface area contributed by atoms with Crippen molar-refractivity contribution in [2.45, 2.75) is 18.2 Å². The Hall–Kier alpha value is -0.690. The van der Waals surface area contributed by atoms with E-state index in [0.717, 1.165) is 12.6 Å². The van der Waals surface area contributed by atoms with Crippen molar-refractivity contribution in [1.29, 1.82) is 0 Å². The maximum atomic E-state index is 13.0. The second kappa shape index (κ2) is 7.68. The molecular weight excluding hydrogens is 279 g/mol. The van der Waals surface area contributed by atoms with Crippen LogP contribution >= 0.6 is 12.4 Å². The third-order valence-electron chi connectivity index (χ3n) is 2.34. The maximum Gasteiger partial charge on any atom is 0.240 e. The van der Waals surface area contributed by atoms with Crippen LogP contribution in [-0.4, -0.2) is 28.6 Å². The van der Waals surface area contributed by atoms with Crippen molar-refractivity contribution in [1.82, 2.24) is 10.0 Å². The lowest BCUT2D eigenvalue weighted by Crippen LogP contribution is -2.27. The highest BCUT2D eigenvalue weighted by molar-refractivity contribution is 7.89. The lowest BCUT2D eigenvalue weighted by atomic mass is 10.2. The van der Waals surface area contributed by atoms with Crippen LogP contribution in [-0.2, 0) is 10.0 Å². The van der Waals surface area contributed by atoms with Crippen molar-refractivity contribution < 1.29 is 12.8 Å². The molecule has 7 heteroatoms. The van der Waals surface area contributed by atoms with E-state index in [4.69, 9.17) is 0 Å². The van der Waals surface area contributed by atoms with Gasteiger partial charge in [-0.15, -0.1) is 12.4 Å². The van der Waals surface area contributed by atoms with Gasteiger partial charge in [0.2, 0.25) is 10.0 Å². The van der Waals surface area contributed by atoms with Gasteiger partial charge in [-0.05, 0) is 44.6 Å². The molecule has 104 valence electrons. The summed E-state index contributed by atoms with van der Waals surface area (Å²) in [5.41, 5.74) is 0.535. The average Bonchev–Trinajstić information content (AvgIpc) is 2.28. The van der Waals surface area contributed by atoms with E-state index in [9.17, 15) is 12.8 Å². The summed E-state index contributed by atoms with van der Waals surface area (Å²) in [6.07, 6.45) is 0.685. The van der Waals surface area contributed by atoms with Gasteiger partial charge >= 0.3 is 0 Å². The number of aryl methyl sites for hydroxylation is 1. The summed E-state index contributed by atoms with van der Waals surface area (Å²) in [7, 11) is -1.81. The predicted octanol–water partition coefficient (Wildman–Crippen LogP) is 1.44. The summed E-state index contributed by atoms with van der Waals surface area (Å²) >= 11 is 0. The molecule has 0 radical (unpaired) electrons. The number of benzene rings is 1. The quantitative estimate of drug-likeness (QED) is 0.781. The molecule has 2 N–H and O–H groups in total. The highest BCUT2D eigenvalue weighted by Gasteiger charge is 2.16. The van der Waals surface area contributed by atoms with Gasteiger partial charge in [-0.3, -0.25) is 0 Å². The average molecular weight is 297 g/mol. The van der Waals surface area contributed by atoms with Gasteiger partial charge in [0, 0.05) is 6.54 Å². The van der Waals surface area contributed by atoms with Crippen molar-refractivity contribution in [2.75, 3.05) is 20.1 Å². The lowest BCUT2D eigenvalue weighted by molar-refractivity contribution is 0.573. The van der Waals surface area contributed by atoms with E-state index in [1.807, 2.05) is 0 Å². The molecule has 0 spiro atoms. The minimum atomic E-state index is -3.61. The molecule has 0 bridgehead atoms. The molecule has 0 aliphatic carbocycles. The van der Waals surface area contributed by atoms with Crippen LogP contribution in [0.25, 0.3) is 0 Å². The topological polar surface area (TPSA) is 58.2 Å². The minimum absolute atomic E-state index is 0. The van der Waals surface area contributed by atoms with Crippen LogP contribution in [0.4, 0.5) is 4.39 Å². The van der Waals surface area contributed by atoms with E-state index in [1.165, 1.54) is 12.1 Å². The Bertz CT molecular complexity index is 480. The fourth-order valence-corrected chi connectivity index (χ4v) is 2.74. The Kier molecular flexibility index (Phi) is 7.39. The summed E-state index contributed by atoms with van der Waals surface area (Å²) < 4.78 is 39.2. The first-order valence-corrected chi connectivity index (χ1v) is 6.86. The fraction of sp³-hybridized carbons (Fsp3) is 0.455. The number of sulfonamides is 1. The maximum absolute atomic E-state index is 13.0. The van der Waals surface area contributed by atoms with Gasteiger partial charge in [0.05, 0.1) is 4.90 Å². The molecule has 0 aliphatic heterocycles. The summed E-state index contributed by atoms with van der Waals surface area (Å²) in [6, 6.07) is 3.74. The Balaban J connectivity index is 0.00000289. The van der Waals surface area contributed by atoms with Crippen molar-refractivity contribution in [3.63, 3.8) is 0 Å². The van der Waals surface area contributed by atoms with Gasteiger partial charge in [0.15, 0.2) is 0 Å². The zero-order valence-corrected chi connectivity index (χ0v) is 12.0. The molecule has 4 nitrogen and oxygen atoms in total. The summed E-state index contributed by atoms with van der Waals surface area (Å²) in [4.78, 5) is 0.00181. The monoisotopic (exact) mass is 296 g/mol. The van der Waals surface area contributed by atoms with Crippen LogP contribution in [0.3, 0.4) is 0 Å². The van der Waals surface area contributed by atoms with Crippen LogP contribution < -0.4 is 10.0 Å². The minimum Gasteiger partial charge on any atom is -0.320 e.